The molecule has 1 aliphatic carbocycles. The highest BCUT2D eigenvalue weighted by molar-refractivity contribution is 5.13. The Hall–Kier alpha value is -0.890. The van der Waals surface area contributed by atoms with Crippen molar-refractivity contribution in [2.45, 2.75) is 45.6 Å². The zero-order valence-corrected chi connectivity index (χ0v) is 11.0. The Labute approximate surface area is 105 Å². The van der Waals surface area contributed by atoms with Crippen LogP contribution in [0.4, 0.5) is 0 Å². The third-order valence-electron chi connectivity index (χ3n) is 3.96. The second-order valence-corrected chi connectivity index (χ2v) is 5.55. The zero-order chi connectivity index (χ0) is 12.1. The van der Waals surface area contributed by atoms with E-state index in [1.165, 1.54) is 31.2 Å². The lowest BCUT2D eigenvalue weighted by Crippen LogP contribution is -2.28. The molecule has 0 saturated heterocycles. The van der Waals surface area contributed by atoms with Crippen LogP contribution < -0.4 is 5.32 Å². The largest absolute Gasteiger partial charge is 0.310 e. The smallest absolute Gasteiger partial charge is 0.0293 e. The van der Waals surface area contributed by atoms with Crippen LogP contribution in [0.1, 0.15) is 51.1 Å². The van der Waals surface area contributed by atoms with Crippen LogP contribution in [0.3, 0.4) is 0 Å². The molecule has 0 bridgehead atoms. The number of aromatic nitrogens is 1. The first kappa shape index (κ1) is 12.6. The third-order valence-corrected chi connectivity index (χ3v) is 3.96. The molecule has 1 saturated carbocycles. The van der Waals surface area contributed by atoms with Gasteiger partial charge in [-0.05, 0) is 55.8 Å². The van der Waals surface area contributed by atoms with Crippen LogP contribution in [0.15, 0.2) is 24.5 Å². The molecule has 1 N–H and O–H groups in total. The minimum absolute atomic E-state index is 0.440. The molecule has 2 nitrogen and oxygen atoms in total. The van der Waals surface area contributed by atoms with Gasteiger partial charge in [0.05, 0.1) is 0 Å². The molecular weight excluding hydrogens is 208 g/mol. The van der Waals surface area contributed by atoms with Crippen LogP contribution in [0.25, 0.3) is 0 Å². The molecule has 2 rings (SSSR count). The molecule has 0 aromatic carbocycles. The summed E-state index contributed by atoms with van der Waals surface area (Å²) in [6.45, 7) is 5.79. The standard InChI is InChI=1S/C15H24N2/c1-12-4-3-5-14(10-12)11-17-13(2)15-6-8-16-9-7-15/h6-9,12-14,17H,3-5,10-11H2,1-2H3/t12?,13-,14?/m0/s1. The predicted octanol–water partition coefficient (Wildman–Crippen LogP) is 3.56. The molecule has 1 aromatic heterocycles. The van der Waals surface area contributed by atoms with Crippen LogP contribution in [0, 0.1) is 11.8 Å². The van der Waals surface area contributed by atoms with E-state index >= 15 is 0 Å². The number of hydrogen-bond acceptors (Lipinski definition) is 2. The van der Waals surface area contributed by atoms with E-state index < -0.39 is 0 Å². The number of hydrogen-bond donors (Lipinski definition) is 1. The van der Waals surface area contributed by atoms with Crippen molar-refractivity contribution < 1.29 is 0 Å². The summed E-state index contributed by atoms with van der Waals surface area (Å²) in [6, 6.07) is 4.64. The van der Waals surface area contributed by atoms with Gasteiger partial charge >= 0.3 is 0 Å². The lowest BCUT2D eigenvalue weighted by Gasteiger charge is -2.28. The number of nitrogens with one attached hydrogen (secondary N) is 1. The van der Waals surface area contributed by atoms with Gasteiger partial charge in [0.15, 0.2) is 0 Å². The first-order valence-corrected chi connectivity index (χ1v) is 6.89. The van der Waals surface area contributed by atoms with E-state index in [0.717, 1.165) is 18.4 Å². The number of pyridine rings is 1. The molecule has 0 spiro atoms. The van der Waals surface area contributed by atoms with Gasteiger partial charge in [0.25, 0.3) is 0 Å². The highest BCUT2D eigenvalue weighted by Gasteiger charge is 2.19. The van der Waals surface area contributed by atoms with E-state index in [2.05, 4.69) is 36.3 Å². The average molecular weight is 232 g/mol. The van der Waals surface area contributed by atoms with Gasteiger partial charge in [0.1, 0.15) is 0 Å². The monoisotopic (exact) mass is 232 g/mol. The molecule has 17 heavy (non-hydrogen) atoms. The fraction of sp³-hybridized carbons (Fsp3) is 0.667. The Morgan fingerprint density at radius 3 is 2.82 bits per heavy atom. The van der Waals surface area contributed by atoms with Gasteiger partial charge in [-0.25, -0.2) is 0 Å². The van der Waals surface area contributed by atoms with E-state index in [0.29, 0.717) is 6.04 Å². The highest BCUT2D eigenvalue weighted by atomic mass is 14.9. The Morgan fingerprint density at radius 2 is 2.12 bits per heavy atom. The SMILES string of the molecule is CC1CCCC(CN[C@@H](C)c2ccncc2)C1. The van der Waals surface area contributed by atoms with Gasteiger partial charge in [-0.15, -0.1) is 0 Å². The fourth-order valence-electron chi connectivity index (χ4n) is 2.86. The van der Waals surface area contributed by atoms with Crippen molar-refractivity contribution in [2.75, 3.05) is 6.54 Å². The molecule has 0 radical (unpaired) electrons. The molecule has 1 fully saturated rings. The normalized spacial score (nSPS) is 26.7. The Balaban J connectivity index is 1.78. The number of rotatable bonds is 4. The van der Waals surface area contributed by atoms with Crippen LogP contribution >= 0.6 is 0 Å². The fourth-order valence-corrected chi connectivity index (χ4v) is 2.86. The molecular formula is C15H24N2. The predicted molar refractivity (Wildman–Crippen MR) is 71.8 cm³/mol. The summed E-state index contributed by atoms with van der Waals surface area (Å²) in [7, 11) is 0. The lowest BCUT2D eigenvalue weighted by atomic mass is 9.82. The maximum Gasteiger partial charge on any atom is 0.0293 e. The van der Waals surface area contributed by atoms with Gasteiger partial charge < -0.3 is 5.32 Å². The molecule has 0 aliphatic heterocycles. The van der Waals surface area contributed by atoms with Crippen LogP contribution in [-0.2, 0) is 0 Å². The van der Waals surface area contributed by atoms with Crippen LogP contribution in [0.5, 0.6) is 0 Å². The van der Waals surface area contributed by atoms with E-state index in [9.17, 15) is 0 Å². The van der Waals surface area contributed by atoms with Gasteiger partial charge in [-0.2, -0.15) is 0 Å². The van der Waals surface area contributed by atoms with Gasteiger partial charge in [0.2, 0.25) is 0 Å². The third kappa shape index (κ3) is 3.81. The molecule has 1 heterocycles. The Kier molecular flexibility index (Phi) is 4.55. The quantitative estimate of drug-likeness (QED) is 0.858. The van der Waals surface area contributed by atoms with E-state index in [1.807, 2.05) is 12.4 Å². The van der Waals surface area contributed by atoms with Crippen LogP contribution in [0.2, 0.25) is 0 Å². The van der Waals surface area contributed by atoms with E-state index in [4.69, 9.17) is 0 Å². The topological polar surface area (TPSA) is 24.9 Å². The van der Waals surface area contributed by atoms with Crippen molar-refractivity contribution in [1.29, 1.82) is 0 Å². The summed E-state index contributed by atoms with van der Waals surface area (Å²) in [6.07, 6.45) is 9.39. The van der Waals surface area contributed by atoms with Crippen molar-refractivity contribution in [1.82, 2.24) is 10.3 Å². The first-order chi connectivity index (χ1) is 8.25. The minimum Gasteiger partial charge on any atom is -0.310 e. The van der Waals surface area contributed by atoms with E-state index in [-0.39, 0.29) is 0 Å². The maximum absolute atomic E-state index is 4.06. The Morgan fingerprint density at radius 1 is 1.35 bits per heavy atom. The average Bonchev–Trinajstić information content (AvgIpc) is 2.37. The molecule has 2 heteroatoms. The molecule has 1 aromatic rings. The van der Waals surface area contributed by atoms with Crippen molar-refractivity contribution in [2.24, 2.45) is 11.8 Å². The minimum atomic E-state index is 0.440. The van der Waals surface area contributed by atoms with Gasteiger partial charge in [0, 0.05) is 18.4 Å². The van der Waals surface area contributed by atoms with Gasteiger partial charge in [-0.1, -0.05) is 19.8 Å². The molecule has 2 unspecified atom stereocenters. The van der Waals surface area contributed by atoms with Crippen molar-refractivity contribution >= 4 is 0 Å². The van der Waals surface area contributed by atoms with E-state index in [1.54, 1.807) is 0 Å². The summed E-state index contributed by atoms with van der Waals surface area (Å²) >= 11 is 0. The molecule has 94 valence electrons. The summed E-state index contributed by atoms with van der Waals surface area (Å²) in [5.41, 5.74) is 1.34. The maximum atomic E-state index is 4.06. The molecule has 0 amide bonds. The van der Waals surface area contributed by atoms with Crippen molar-refractivity contribution in [3.63, 3.8) is 0 Å². The molecule has 1 aliphatic rings. The summed E-state index contributed by atoms with van der Waals surface area (Å²) in [4.78, 5) is 4.06. The van der Waals surface area contributed by atoms with Crippen LogP contribution in [-0.4, -0.2) is 11.5 Å². The first-order valence-electron chi connectivity index (χ1n) is 6.89. The summed E-state index contributed by atoms with van der Waals surface area (Å²) in [5.74, 6) is 1.80. The molecule has 3 atom stereocenters. The zero-order valence-electron chi connectivity index (χ0n) is 11.0. The lowest BCUT2D eigenvalue weighted by molar-refractivity contribution is 0.268. The summed E-state index contributed by atoms with van der Waals surface area (Å²) in [5, 5.41) is 3.66. The second kappa shape index (κ2) is 6.15. The van der Waals surface area contributed by atoms with Crippen molar-refractivity contribution in [3.05, 3.63) is 30.1 Å². The highest BCUT2D eigenvalue weighted by Crippen LogP contribution is 2.28. The second-order valence-electron chi connectivity index (χ2n) is 5.55. The summed E-state index contributed by atoms with van der Waals surface area (Å²) < 4.78 is 0. The van der Waals surface area contributed by atoms with Gasteiger partial charge in [-0.3, -0.25) is 4.98 Å². The number of nitrogens with zero attached hydrogens (tertiary/aromatic N) is 1. The Bertz CT molecular complexity index is 323. The van der Waals surface area contributed by atoms with Crippen molar-refractivity contribution in [3.8, 4) is 0 Å².